The number of rotatable bonds is 5. The lowest BCUT2D eigenvalue weighted by molar-refractivity contribution is -0.122. The topological polar surface area (TPSA) is 75.7 Å². The molecule has 9 heteroatoms. The van der Waals surface area contributed by atoms with Gasteiger partial charge in [-0.25, -0.2) is 9.69 Å². The second kappa shape index (κ2) is 9.11. The van der Waals surface area contributed by atoms with E-state index in [1.807, 2.05) is 6.92 Å². The zero-order valence-electron chi connectivity index (χ0n) is 15.2. The average molecular weight is 543 g/mol. The Bertz CT molecular complexity index is 1020. The van der Waals surface area contributed by atoms with E-state index in [-0.39, 0.29) is 5.57 Å². The molecule has 1 N–H and O–H groups in total. The lowest BCUT2D eigenvalue weighted by Gasteiger charge is -2.26. The summed E-state index contributed by atoms with van der Waals surface area (Å²) in [6.07, 6.45) is 2.20. The number of hydrogen-bond donors (Lipinski definition) is 1. The number of carbonyl (C=O) groups is 3. The highest BCUT2D eigenvalue weighted by Gasteiger charge is 2.37. The van der Waals surface area contributed by atoms with Crippen molar-refractivity contribution in [3.05, 3.63) is 61.5 Å². The summed E-state index contributed by atoms with van der Waals surface area (Å²) >= 11 is 12.7. The fraction of sp³-hybridized carbons (Fsp3) is 0.150. The van der Waals surface area contributed by atoms with Crippen LogP contribution >= 0.6 is 43.5 Å². The van der Waals surface area contributed by atoms with E-state index < -0.39 is 17.8 Å². The molecule has 0 bridgehead atoms. The number of hydrogen-bond acceptors (Lipinski definition) is 4. The van der Waals surface area contributed by atoms with Gasteiger partial charge in [0, 0.05) is 15.1 Å². The number of carbonyl (C=O) groups excluding carboxylic acids is 3. The van der Waals surface area contributed by atoms with Gasteiger partial charge in [-0.1, -0.05) is 34.5 Å². The molecule has 6 nitrogen and oxygen atoms in total. The maximum absolute atomic E-state index is 13.0. The molecule has 0 saturated carbocycles. The van der Waals surface area contributed by atoms with Crippen molar-refractivity contribution in [3.63, 3.8) is 0 Å². The molecule has 0 atom stereocenters. The molecule has 3 rings (SSSR count). The standard InChI is InChI=1S/C20H15Br2ClN2O4/c1-2-7-29-17-11(8-12(21)10-16(17)22)9-15-18(26)24-20(28)25(19(15)27)14-5-3-13(23)4-6-14/h3-6,8-10H,2,7H2,1H3,(H,24,26,28)/b15-9+. The molecule has 29 heavy (non-hydrogen) atoms. The zero-order valence-corrected chi connectivity index (χ0v) is 19.1. The maximum Gasteiger partial charge on any atom is 0.335 e. The largest absolute Gasteiger partial charge is 0.492 e. The Morgan fingerprint density at radius 2 is 1.83 bits per heavy atom. The Labute approximate surface area is 189 Å². The second-order valence-electron chi connectivity index (χ2n) is 6.09. The van der Waals surface area contributed by atoms with Crippen LogP contribution in [0.25, 0.3) is 6.08 Å². The Balaban J connectivity index is 2.06. The molecule has 0 radical (unpaired) electrons. The van der Waals surface area contributed by atoms with Gasteiger partial charge in [-0.05, 0) is 64.8 Å². The van der Waals surface area contributed by atoms with Crippen LogP contribution in [0.2, 0.25) is 5.02 Å². The van der Waals surface area contributed by atoms with Gasteiger partial charge in [0.05, 0.1) is 16.8 Å². The Kier molecular flexibility index (Phi) is 6.77. The number of benzene rings is 2. The smallest absolute Gasteiger partial charge is 0.335 e. The van der Waals surface area contributed by atoms with E-state index in [2.05, 4.69) is 37.2 Å². The Hall–Kier alpha value is -2.16. The van der Waals surface area contributed by atoms with Crippen LogP contribution in [0.4, 0.5) is 10.5 Å². The SMILES string of the molecule is CCCOc1c(Br)cc(Br)cc1/C=C1\C(=O)NC(=O)N(c2ccc(Cl)cc2)C1=O. The third kappa shape index (κ3) is 4.71. The van der Waals surface area contributed by atoms with Crippen molar-refractivity contribution in [2.24, 2.45) is 0 Å². The van der Waals surface area contributed by atoms with Crippen molar-refractivity contribution in [3.8, 4) is 5.75 Å². The van der Waals surface area contributed by atoms with E-state index in [4.69, 9.17) is 16.3 Å². The third-order valence-electron chi connectivity index (χ3n) is 3.97. The summed E-state index contributed by atoms with van der Waals surface area (Å²) in [4.78, 5) is 38.6. The van der Waals surface area contributed by atoms with Gasteiger partial charge in [0.2, 0.25) is 0 Å². The van der Waals surface area contributed by atoms with Crippen molar-refractivity contribution in [1.29, 1.82) is 0 Å². The number of nitrogens with zero attached hydrogens (tertiary/aromatic N) is 1. The van der Waals surface area contributed by atoms with Gasteiger partial charge in [-0.3, -0.25) is 14.9 Å². The minimum Gasteiger partial charge on any atom is -0.492 e. The first kappa shape index (κ1) is 21.5. The van der Waals surface area contributed by atoms with Gasteiger partial charge < -0.3 is 4.74 Å². The van der Waals surface area contributed by atoms with Crippen LogP contribution in [0.1, 0.15) is 18.9 Å². The molecule has 150 valence electrons. The van der Waals surface area contributed by atoms with Crippen LogP contribution in [0, 0.1) is 0 Å². The van der Waals surface area contributed by atoms with Gasteiger partial charge in [0.15, 0.2) is 0 Å². The zero-order chi connectivity index (χ0) is 21.1. The van der Waals surface area contributed by atoms with Gasteiger partial charge >= 0.3 is 6.03 Å². The molecule has 1 aliphatic rings. The number of anilines is 1. The maximum atomic E-state index is 13.0. The highest BCUT2D eigenvalue weighted by atomic mass is 79.9. The fourth-order valence-corrected chi connectivity index (χ4v) is 4.18. The fourth-order valence-electron chi connectivity index (χ4n) is 2.68. The summed E-state index contributed by atoms with van der Waals surface area (Å²) in [5.74, 6) is -1.01. The van der Waals surface area contributed by atoms with Crippen molar-refractivity contribution in [2.75, 3.05) is 11.5 Å². The molecular weight excluding hydrogens is 527 g/mol. The summed E-state index contributed by atoms with van der Waals surface area (Å²) < 4.78 is 7.18. The molecular formula is C20H15Br2ClN2O4. The average Bonchev–Trinajstić information content (AvgIpc) is 2.65. The van der Waals surface area contributed by atoms with E-state index in [0.717, 1.165) is 15.8 Å². The third-order valence-corrected chi connectivity index (χ3v) is 5.27. The number of amides is 4. The monoisotopic (exact) mass is 540 g/mol. The molecule has 0 aromatic heterocycles. The minimum atomic E-state index is -0.822. The Morgan fingerprint density at radius 1 is 1.14 bits per heavy atom. The molecule has 2 aromatic carbocycles. The number of ether oxygens (including phenoxy) is 1. The molecule has 1 fully saturated rings. The summed E-state index contributed by atoms with van der Waals surface area (Å²) in [7, 11) is 0. The lowest BCUT2D eigenvalue weighted by atomic mass is 10.1. The highest BCUT2D eigenvalue weighted by Crippen LogP contribution is 2.35. The van der Waals surface area contributed by atoms with Crippen molar-refractivity contribution < 1.29 is 19.1 Å². The summed E-state index contributed by atoms with van der Waals surface area (Å²) in [5.41, 5.74) is 0.627. The van der Waals surface area contributed by atoms with Crippen LogP contribution in [0.15, 0.2) is 50.9 Å². The van der Waals surface area contributed by atoms with Gasteiger partial charge in [0.25, 0.3) is 11.8 Å². The number of barbiturate groups is 1. The highest BCUT2D eigenvalue weighted by molar-refractivity contribution is 9.11. The van der Waals surface area contributed by atoms with Crippen LogP contribution in [0.3, 0.4) is 0 Å². The van der Waals surface area contributed by atoms with E-state index in [1.54, 1.807) is 24.3 Å². The molecule has 1 aliphatic heterocycles. The van der Waals surface area contributed by atoms with Crippen molar-refractivity contribution in [2.45, 2.75) is 13.3 Å². The van der Waals surface area contributed by atoms with E-state index in [9.17, 15) is 14.4 Å². The molecule has 0 aliphatic carbocycles. The first-order chi connectivity index (χ1) is 13.8. The van der Waals surface area contributed by atoms with E-state index in [1.165, 1.54) is 18.2 Å². The predicted molar refractivity (Wildman–Crippen MR) is 118 cm³/mol. The van der Waals surface area contributed by atoms with E-state index >= 15 is 0 Å². The molecule has 2 aromatic rings. The quantitative estimate of drug-likeness (QED) is 0.410. The van der Waals surface area contributed by atoms with Gasteiger partial charge in [-0.2, -0.15) is 0 Å². The molecule has 1 saturated heterocycles. The molecule has 4 amide bonds. The van der Waals surface area contributed by atoms with Crippen LogP contribution in [0.5, 0.6) is 5.75 Å². The first-order valence-electron chi connectivity index (χ1n) is 8.60. The summed E-state index contributed by atoms with van der Waals surface area (Å²) in [6.45, 7) is 2.44. The van der Waals surface area contributed by atoms with Crippen molar-refractivity contribution in [1.82, 2.24) is 5.32 Å². The molecule has 1 heterocycles. The number of nitrogens with one attached hydrogen (secondary N) is 1. The number of urea groups is 1. The summed E-state index contributed by atoms with van der Waals surface area (Å²) in [5, 5.41) is 2.66. The van der Waals surface area contributed by atoms with E-state index in [0.29, 0.717) is 33.1 Å². The van der Waals surface area contributed by atoms with Crippen LogP contribution < -0.4 is 15.0 Å². The number of imide groups is 2. The number of halogens is 3. The normalized spacial score (nSPS) is 15.7. The second-order valence-corrected chi connectivity index (χ2v) is 8.30. The minimum absolute atomic E-state index is 0.189. The Morgan fingerprint density at radius 3 is 2.48 bits per heavy atom. The summed E-state index contributed by atoms with van der Waals surface area (Å²) in [6, 6.07) is 8.87. The van der Waals surface area contributed by atoms with Crippen LogP contribution in [-0.4, -0.2) is 24.5 Å². The predicted octanol–water partition coefficient (Wildman–Crippen LogP) is 5.32. The van der Waals surface area contributed by atoms with Crippen molar-refractivity contribution >= 4 is 73.1 Å². The van der Waals surface area contributed by atoms with Gasteiger partial charge in [-0.15, -0.1) is 0 Å². The molecule has 0 spiro atoms. The lowest BCUT2D eigenvalue weighted by Crippen LogP contribution is -2.54. The first-order valence-corrected chi connectivity index (χ1v) is 10.6. The van der Waals surface area contributed by atoms with Gasteiger partial charge in [0.1, 0.15) is 11.3 Å². The molecule has 0 unspecified atom stereocenters. The van der Waals surface area contributed by atoms with Crippen LogP contribution in [-0.2, 0) is 9.59 Å².